The molecule has 7 heteroatoms. The molecule has 178 valence electrons. The molecular weight excluding hydrogens is 442 g/mol. The number of aromatic nitrogens is 2. The SMILES string of the molecule is CCc1cccc(C)c1NC(=O)c1ccc(-n2nc(OCc3ccc(OC)cc3)ccc2=O)cc1. The van der Waals surface area contributed by atoms with Crippen molar-refractivity contribution in [2.45, 2.75) is 26.9 Å². The predicted molar refractivity (Wildman–Crippen MR) is 136 cm³/mol. The van der Waals surface area contributed by atoms with Crippen molar-refractivity contribution in [2.75, 3.05) is 12.4 Å². The summed E-state index contributed by atoms with van der Waals surface area (Å²) in [5.41, 5.74) is 4.59. The van der Waals surface area contributed by atoms with Gasteiger partial charge in [-0.05, 0) is 66.4 Å². The number of nitrogens with one attached hydrogen (secondary N) is 1. The highest BCUT2D eigenvalue weighted by molar-refractivity contribution is 6.05. The Hall–Kier alpha value is -4.39. The third-order valence-corrected chi connectivity index (χ3v) is 5.67. The fourth-order valence-corrected chi connectivity index (χ4v) is 3.68. The molecule has 0 radical (unpaired) electrons. The number of carbonyl (C=O) groups excluding carboxylic acids is 1. The highest BCUT2D eigenvalue weighted by atomic mass is 16.5. The largest absolute Gasteiger partial charge is 0.497 e. The van der Waals surface area contributed by atoms with Crippen molar-refractivity contribution >= 4 is 11.6 Å². The molecule has 4 rings (SSSR count). The minimum Gasteiger partial charge on any atom is -0.497 e. The number of hydrogen-bond acceptors (Lipinski definition) is 5. The van der Waals surface area contributed by atoms with E-state index in [0.717, 1.165) is 34.5 Å². The molecule has 1 N–H and O–H groups in total. The molecule has 1 heterocycles. The smallest absolute Gasteiger partial charge is 0.271 e. The first-order valence-electron chi connectivity index (χ1n) is 11.3. The molecule has 7 nitrogen and oxygen atoms in total. The minimum atomic E-state index is -0.300. The second-order valence-electron chi connectivity index (χ2n) is 8.02. The summed E-state index contributed by atoms with van der Waals surface area (Å²) in [6.07, 6.45) is 0.821. The first kappa shape index (κ1) is 23.8. The molecular formula is C28H27N3O4. The molecule has 0 aliphatic rings. The lowest BCUT2D eigenvalue weighted by molar-refractivity contribution is 0.102. The van der Waals surface area contributed by atoms with Crippen LogP contribution in [0.3, 0.4) is 0 Å². The van der Waals surface area contributed by atoms with E-state index < -0.39 is 0 Å². The zero-order chi connectivity index (χ0) is 24.8. The van der Waals surface area contributed by atoms with Crippen LogP contribution in [-0.4, -0.2) is 22.8 Å². The summed E-state index contributed by atoms with van der Waals surface area (Å²) in [4.78, 5) is 25.3. The lowest BCUT2D eigenvalue weighted by Crippen LogP contribution is -2.21. The summed E-state index contributed by atoms with van der Waals surface area (Å²) in [6.45, 7) is 4.32. The van der Waals surface area contributed by atoms with Crippen LogP contribution in [0.1, 0.15) is 34.0 Å². The molecule has 1 amide bonds. The van der Waals surface area contributed by atoms with Gasteiger partial charge in [0.1, 0.15) is 12.4 Å². The molecule has 35 heavy (non-hydrogen) atoms. The second-order valence-corrected chi connectivity index (χ2v) is 8.02. The van der Waals surface area contributed by atoms with Gasteiger partial charge in [0.15, 0.2) is 0 Å². The highest BCUT2D eigenvalue weighted by Crippen LogP contribution is 2.22. The predicted octanol–water partition coefficient (Wildman–Crippen LogP) is 4.94. The van der Waals surface area contributed by atoms with Crippen molar-refractivity contribution in [3.8, 4) is 17.3 Å². The van der Waals surface area contributed by atoms with Crippen LogP contribution in [0.25, 0.3) is 5.69 Å². The highest BCUT2D eigenvalue weighted by Gasteiger charge is 2.12. The number of anilines is 1. The monoisotopic (exact) mass is 469 g/mol. The fraction of sp³-hybridized carbons (Fsp3) is 0.179. The number of rotatable bonds is 8. The van der Waals surface area contributed by atoms with Crippen LogP contribution in [0.2, 0.25) is 0 Å². The van der Waals surface area contributed by atoms with Gasteiger partial charge in [0.05, 0.1) is 12.8 Å². The second kappa shape index (κ2) is 10.7. The van der Waals surface area contributed by atoms with Crippen LogP contribution >= 0.6 is 0 Å². The average Bonchev–Trinajstić information content (AvgIpc) is 2.89. The Morgan fingerprint density at radius 2 is 1.71 bits per heavy atom. The summed E-state index contributed by atoms with van der Waals surface area (Å²) in [5, 5.41) is 7.34. The molecule has 0 atom stereocenters. The quantitative estimate of drug-likeness (QED) is 0.395. The molecule has 4 aromatic rings. The number of hydrogen-bond donors (Lipinski definition) is 1. The topological polar surface area (TPSA) is 82.5 Å². The Balaban J connectivity index is 1.48. The van der Waals surface area contributed by atoms with Crippen LogP contribution in [0.15, 0.2) is 83.7 Å². The summed E-state index contributed by atoms with van der Waals surface area (Å²) < 4.78 is 12.2. The third kappa shape index (κ3) is 5.58. The average molecular weight is 470 g/mol. The third-order valence-electron chi connectivity index (χ3n) is 5.67. The lowest BCUT2D eigenvalue weighted by Gasteiger charge is -2.13. The summed E-state index contributed by atoms with van der Waals surface area (Å²) in [7, 11) is 1.62. The number of amides is 1. The standard InChI is InChI=1S/C28H27N3O4/c1-4-21-7-5-6-19(2)27(21)29-28(33)22-10-12-23(13-11-22)31-26(32)17-16-25(30-31)35-18-20-8-14-24(34-3)15-9-20/h5-17H,4,18H2,1-3H3,(H,29,33). The Morgan fingerprint density at radius 1 is 0.971 bits per heavy atom. The number of nitrogens with zero attached hydrogens (tertiary/aromatic N) is 2. The zero-order valence-electron chi connectivity index (χ0n) is 19.9. The van der Waals surface area contributed by atoms with Gasteiger partial charge in [-0.15, -0.1) is 5.10 Å². The van der Waals surface area contributed by atoms with Crippen molar-refractivity contribution in [1.29, 1.82) is 0 Å². The number of ether oxygens (including phenoxy) is 2. The van der Waals surface area contributed by atoms with Crippen molar-refractivity contribution in [1.82, 2.24) is 9.78 Å². The maximum absolute atomic E-state index is 12.8. The van der Waals surface area contributed by atoms with Gasteiger partial charge in [-0.1, -0.05) is 37.3 Å². The van der Waals surface area contributed by atoms with E-state index in [-0.39, 0.29) is 11.5 Å². The van der Waals surface area contributed by atoms with E-state index in [0.29, 0.717) is 23.7 Å². The maximum atomic E-state index is 12.8. The van der Waals surface area contributed by atoms with E-state index in [9.17, 15) is 9.59 Å². The van der Waals surface area contributed by atoms with Crippen molar-refractivity contribution < 1.29 is 14.3 Å². The Bertz CT molecular complexity index is 1380. The minimum absolute atomic E-state index is 0.211. The number of aryl methyl sites for hydroxylation is 2. The van der Waals surface area contributed by atoms with E-state index >= 15 is 0 Å². The molecule has 0 spiro atoms. The first-order valence-corrected chi connectivity index (χ1v) is 11.3. The van der Waals surface area contributed by atoms with E-state index in [2.05, 4.69) is 17.3 Å². The van der Waals surface area contributed by atoms with Gasteiger partial charge >= 0.3 is 0 Å². The molecule has 0 aliphatic heterocycles. The summed E-state index contributed by atoms with van der Waals surface area (Å²) in [5.74, 6) is 0.869. The fourth-order valence-electron chi connectivity index (χ4n) is 3.68. The molecule has 3 aromatic carbocycles. The van der Waals surface area contributed by atoms with Crippen molar-refractivity contribution in [2.24, 2.45) is 0 Å². The van der Waals surface area contributed by atoms with E-state index in [4.69, 9.17) is 9.47 Å². The molecule has 1 aromatic heterocycles. The molecule has 0 saturated heterocycles. The van der Waals surface area contributed by atoms with Crippen LogP contribution in [0.4, 0.5) is 5.69 Å². The lowest BCUT2D eigenvalue weighted by atomic mass is 10.1. The molecule has 0 fully saturated rings. The van der Waals surface area contributed by atoms with Gasteiger partial charge < -0.3 is 14.8 Å². The summed E-state index contributed by atoms with van der Waals surface area (Å²) in [6, 6.07) is 23.1. The molecule has 0 aliphatic carbocycles. The van der Waals surface area contributed by atoms with E-state index in [1.807, 2.05) is 49.4 Å². The Labute approximate surface area is 204 Å². The Kier molecular flexibility index (Phi) is 7.26. The number of para-hydroxylation sites is 1. The Morgan fingerprint density at radius 3 is 2.40 bits per heavy atom. The normalized spacial score (nSPS) is 10.6. The number of methoxy groups -OCH3 is 1. The molecule has 0 bridgehead atoms. The van der Waals surface area contributed by atoms with Crippen molar-refractivity contribution in [3.05, 3.63) is 111 Å². The first-order chi connectivity index (χ1) is 17.0. The maximum Gasteiger partial charge on any atom is 0.271 e. The van der Waals surface area contributed by atoms with Gasteiger partial charge in [0.25, 0.3) is 11.5 Å². The van der Waals surface area contributed by atoms with Gasteiger partial charge in [-0.3, -0.25) is 9.59 Å². The molecule has 0 unspecified atom stereocenters. The number of carbonyl (C=O) groups is 1. The van der Waals surface area contributed by atoms with Crippen LogP contribution in [-0.2, 0) is 13.0 Å². The zero-order valence-corrected chi connectivity index (χ0v) is 19.9. The van der Waals surface area contributed by atoms with Crippen LogP contribution in [0.5, 0.6) is 11.6 Å². The van der Waals surface area contributed by atoms with Crippen LogP contribution < -0.4 is 20.3 Å². The summed E-state index contributed by atoms with van der Waals surface area (Å²) >= 11 is 0. The van der Waals surface area contributed by atoms with Gasteiger partial charge in [-0.2, -0.15) is 4.68 Å². The van der Waals surface area contributed by atoms with Gasteiger partial charge in [0, 0.05) is 23.4 Å². The van der Waals surface area contributed by atoms with E-state index in [1.165, 1.54) is 16.8 Å². The van der Waals surface area contributed by atoms with Crippen molar-refractivity contribution in [3.63, 3.8) is 0 Å². The van der Waals surface area contributed by atoms with Gasteiger partial charge in [-0.25, -0.2) is 0 Å². The van der Waals surface area contributed by atoms with E-state index in [1.54, 1.807) is 31.4 Å². The molecule has 0 saturated carbocycles. The van der Waals surface area contributed by atoms with Gasteiger partial charge in [0.2, 0.25) is 5.88 Å². The van der Waals surface area contributed by atoms with Crippen LogP contribution in [0, 0.1) is 6.92 Å². The number of benzene rings is 3.